The topological polar surface area (TPSA) is 29.3 Å². The van der Waals surface area contributed by atoms with Crippen molar-refractivity contribution < 1.29 is 4.39 Å². The van der Waals surface area contributed by atoms with Crippen LogP contribution < -0.4 is 5.73 Å². The average molecular weight is 264 g/mol. The second kappa shape index (κ2) is 5.98. The van der Waals surface area contributed by atoms with E-state index in [-0.39, 0.29) is 5.82 Å². The zero-order valence-corrected chi connectivity index (χ0v) is 11.2. The van der Waals surface area contributed by atoms with Gasteiger partial charge in [0.1, 0.15) is 5.82 Å². The highest BCUT2D eigenvalue weighted by Crippen LogP contribution is 2.18. The molecule has 0 saturated carbocycles. The maximum atomic E-state index is 13.2. The minimum Gasteiger partial charge on any atom is -0.398 e. The lowest BCUT2D eigenvalue weighted by Crippen LogP contribution is -2.22. The van der Waals surface area contributed by atoms with Gasteiger partial charge in [0, 0.05) is 23.7 Å². The Hall–Kier alpha value is -1.39. The summed E-state index contributed by atoms with van der Waals surface area (Å²) in [6.07, 6.45) is 0. The maximum Gasteiger partial charge on any atom is 0.123 e. The molecule has 2 nitrogen and oxygen atoms in total. The van der Waals surface area contributed by atoms with Crippen LogP contribution in [0.2, 0.25) is 0 Å². The van der Waals surface area contributed by atoms with Crippen molar-refractivity contribution in [3.63, 3.8) is 0 Å². The van der Waals surface area contributed by atoms with Gasteiger partial charge in [-0.25, -0.2) is 4.39 Å². The SMILES string of the molecule is CCN(Cc1cccs1)Cc1cc(F)ccc1N. The van der Waals surface area contributed by atoms with Gasteiger partial charge < -0.3 is 5.73 Å². The zero-order chi connectivity index (χ0) is 13.0. The number of hydrogen-bond donors (Lipinski definition) is 1. The highest BCUT2D eigenvalue weighted by molar-refractivity contribution is 7.09. The average Bonchev–Trinajstić information content (AvgIpc) is 2.85. The third-order valence-electron chi connectivity index (χ3n) is 2.91. The number of nitrogens with two attached hydrogens (primary N) is 1. The predicted octanol–water partition coefficient (Wildman–Crippen LogP) is 3.49. The predicted molar refractivity (Wildman–Crippen MR) is 74.9 cm³/mol. The minimum absolute atomic E-state index is 0.230. The Balaban J connectivity index is 2.07. The molecule has 0 bridgehead atoms. The molecule has 0 saturated heterocycles. The van der Waals surface area contributed by atoms with Crippen molar-refractivity contribution in [2.24, 2.45) is 0 Å². The number of hydrogen-bond acceptors (Lipinski definition) is 3. The van der Waals surface area contributed by atoms with E-state index in [0.29, 0.717) is 12.2 Å². The minimum atomic E-state index is -0.230. The molecule has 0 fully saturated rings. The molecule has 1 heterocycles. The molecule has 0 aliphatic heterocycles. The fourth-order valence-corrected chi connectivity index (χ4v) is 2.60. The monoisotopic (exact) mass is 264 g/mol. The summed E-state index contributed by atoms with van der Waals surface area (Å²) in [7, 11) is 0. The van der Waals surface area contributed by atoms with Crippen LogP contribution in [-0.4, -0.2) is 11.4 Å². The Morgan fingerprint density at radius 3 is 2.78 bits per heavy atom. The van der Waals surface area contributed by atoms with Crippen molar-refractivity contribution in [3.05, 3.63) is 52.0 Å². The first-order valence-corrected chi connectivity index (χ1v) is 6.85. The first-order chi connectivity index (χ1) is 8.69. The lowest BCUT2D eigenvalue weighted by Gasteiger charge is -2.20. The van der Waals surface area contributed by atoms with Crippen molar-refractivity contribution in [1.29, 1.82) is 0 Å². The fourth-order valence-electron chi connectivity index (χ4n) is 1.85. The molecule has 0 spiro atoms. The fraction of sp³-hybridized carbons (Fsp3) is 0.286. The number of rotatable bonds is 5. The standard InChI is InChI=1S/C14H17FN2S/c1-2-17(10-13-4-3-7-18-13)9-11-8-12(15)5-6-14(11)16/h3-8H,2,9-10,16H2,1H3. The van der Waals surface area contributed by atoms with Gasteiger partial charge in [0.05, 0.1) is 0 Å². The molecule has 1 aromatic heterocycles. The van der Waals surface area contributed by atoms with E-state index in [9.17, 15) is 4.39 Å². The van der Waals surface area contributed by atoms with Crippen molar-refractivity contribution in [2.45, 2.75) is 20.0 Å². The molecule has 2 rings (SSSR count). The van der Waals surface area contributed by atoms with Gasteiger partial charge in [-0.1, -0.05) is 13.0 Å². The summed E-state index contributed by atoms with van der Waals surface area (Å²) in [5.74, 6) is -0.230. The van der Waals surface area contributed by atoms with Gasteiger partial charge in [-0.15, -0.1) is 11.3 Å². The van der Waals surface area contributed by atoms with Gasteiger partial charge in [0.15, 0.2) is 0 Å². The molecule has 2 N–H and O–H groups in total. The molecule has 18 heavy (non-hydrogen) atoms. The number of anilines is 1. The molecule has 0 amide bonds. The van der Waals surface area contributed by atoms with Gasteiger partial charge in [0.2, 0.25) is 0 Å². The summed E-state index contributed by atoms with van der Waals surface area (Å²) >= 11 is 1.74. The number of halogens is 1. The third-order valence-corrected chi connectivity index (χ3v) is 3.77. The van der Waals surface area contributed by atoms with E-state index in [2.05, 4.69) is 23.3 Å². The molecule has 2 aromatic rings. The summed E-state index contributed by atoms with van der Waals surface area (Å²) in [6.45, 7) is 4.57. The van der Waals surface area contributed by atoms with E-state index in [1.54, 1.807) is 17.4 Å². The molecule has 0 radical (unpaired) electrons. The summed E-state index contributed by atoms with van der Waals surface area (Å²) in [4.78, 5) is 3.56. The van der Waals surface area contributed by atoms with Crippen LogP contribution in [0.3, 0.4) is 0 Å². The highest BCUT2D eigenvalue weighted by Gasteiger charge is 2.08. The molecule has 0 unspecified atom stereocenters. The van der Waals surface area contributed by atoms with Crippen LogP contribution in [0.4, 0.5) is 10.1 Å². The smallest absolute Gasteiger partial charge is 0.123 e. The van der Waals surface area contributed by atoms with Crippen molar-refractivity contribution in [2.75, 3.05) is 12.3 Å². The summed E-state index contributed by atoms with van der Waals surface area (Å²) in [5.41, 5.74) is 7.38. The molecule has 0 atom stereocenters. The quantitative estimate of drug-likeness (QED) is 0.838. The van der Waals surface area contributed by atoms with E-state index in [0.717, 1.165) is 18.7 Å². The first-order valence-electron chi connectivity index (χ1n) is 5.97. The Morgan fingerprint density at radius 2 is 2.11 bits per heavy atom. The van der Waals surface area contributed by atoms with Crippen molar-refractivity contribution in [3.8, 4) is 0 Å². The summed E-state index contributed by atoms with van der Waals surface area (Å²) in [5, 5.41) is 2.07. The number of nitrogens with zero attached hydrogens (tertiary/aromatic N) is 1. The maximum absolute atomic E-state index is 13.2. The van der Waals surface area contributed by atoms with Crippen LogP contribution in [0, 0.1) is 5.82 Å². The second-order valence-corrected chi connectivity index (χ2v) is 5.26. The van der Waals surface area contributed by atoms with Crippen LogP contribution in [0.15, 0.2) is 35.7 Å². The largest absolute Gasteiger partial charge is 0.398 e. The van der Waals surface area contributed by atoms with Gasteiger partial charge in [-0.05, 0) is 41.8 Å². The molecular formula is C14H17FN2S. The lowest BCUT2D eigenvalue weighted by molar-refractivity contribution is 0.274. The third kappa shape index (κ3) is 3.31. The summed E-state index contributed by atoms with van der Waals surface area (Å²) < 4.78 is 13.2. The van der Waals surface area contributed by atoms with Crippen molar-refractivity contribution >= 4 is 17.0 Å². The number of nitrogen functional groups attached to an aromatic ring is 1. The molecular weight excluding hydrogens is 247 g/mol. The van der Waals surface area contributed by atoms with Gasteiger partial charge in [-0.2, -0.15) is 0 Å². The van der Waals surface area contributed by atoms with Crippen molar-refractivity contribution in [1.82, 2.24) is 4.90 Å². The molecule has 4 heteroatoms. The van der Waals surface area contributed by atoms with Crippen LogP contribution in [0.1, 0.15) is 17.4 Å². The van der Waals surface area contributed by atoms with Crippen LogP contribution in [0.25, 0.3) is 0 Å². The molecule has 0 aliphatic carbocycles. The van der Waals surface area contributed by atoms with Crippen LogP contribution in [-0.2, 0) is 13.1 Å². The molecule has 96 valence electrons. The van der Waals surface area contributed by atoms with E-state index in [1.165, 1.54) is 17.0 Å². The first kappa shape index (κ1) is 13.1. The highest BCUT2D eigenvalue weighted by atomic mass is 32.1. The van der Waals surface area contributed by atoms with E-state index in [4.69, 9.17) is 5.73 Å². The normalized spacial score (nSPS) is 11.1. The van der Waals surface area contributed by atoms with Gasteiger partial charge >= 0.3 is 0 Å². The van der Waals surface area contributed by atoms with E-state index >= 15 is 0 Å². The van der Waals surface area contributed by atoms with Gasteiger partial charge in [0.25, 0.3) is 0 Å². The van der Waals surface area contributed by atoms with E-state index < -0.39 is 0 Å². The molecule has 0 aliphatic rings. The molecule has 1 aromatic carbocycles. The van der Waals surface area contributed by atoms with Crippen LogP contribution in [0.5, 0.6) is 0 Å². The number of thiophene rings is 1. The second-order valence-electron chi connectivity index (χ2n) is 4.23. The van der Waals surface area contributed by atoms with Gasteiger partial charge in [-0.3, -0.25) is 4.90 Å². The van der Waals surface area contributed by atoms with Crippen LogP contribution >= 0.6 is 11.3 Å². The number of benzene rings is 1. The van der Waals surface area contributed by atoms with E-state index in [1.807, 2.05) is 6.07 Å². The Bertz CT molecular complexity index is 497. The Labute approximate surface area is 111 Å². The summed E-state index contributed by atoms with van der Waals surface area (Å²) in [6, 6.07) is 8.71. The Morgan fingerprint density at radius 1 is 1.28 bits per heavy atom. The zero-order valence-electron chi connectivity index (χ0n) is 10.4. The Kier molecular flexibility index (Phi) is 4.33. The lowest BCUT2D eigenvalue weighted by atomic mass is 10.1.